The number of benzene rings is 1. The predicted octanol–water partition coefficient (Wildman–Crippen LogP) is -6.91. The molecule has 5 rings (SSSR count). The van der Waals surface area contributed by atoms with Crippen LogP contribution in [0.25, 0.3) is 17.3 Å². The van der Waals surface area contributed by atoms with E-state index in [0.717, 1.165) is 16.2 Å². The minimum atomic E-state index is -1.58. The van der Waals surface area contributed by atoms with Gasteiger partial charge in [-0.05, 0) is 17.7 Å². The van der Waals surface area contributed by atoms with Crippen LogP contribution in [0.1, 0.15) is 11.5 Å². The van der Waals surface area contributed by atoms with Gasteiger partial charge in [0.2, 0.25) is 0 Å². The summed E-state index contributed by atoms with van der Waals surface area (Å²) in [4.78, 5) is 58.5. The van der Waals surface area contributed by atoms with Gasteiger partial charge in [0, 0.05) is 22.8 Å². The number of amides is 2. The summed E-state index contributed by atoms with van der Waals surface area (Å²) in [6, 6.07) is 4.27. The summed E-state index contributed by atoms with van der Waals surface area (Å²) < 4.78 is 5.25. The summed E-state index contributed by atoms with van der Waals surface area (Å²) in [5.41, 5.74) is 5.90. The van der Waals surface area contributed by atoms with E-state index < -0.39 is 59.0 Å². The van der Waals surface area contributed by atoms with E-state index in [1.165, 1.54) is 53.6 Å². The van der Waals surface area contributed by atoms with Gasteiger partial charge in [-0.25, -0.2) is 9.78 Å². The maximum absolute atomic E-state index is 13.1. The van der Waals surface area contributed by atoms with Crippen molar-refractivity contribution in [3.8, 4) is 22.8 Å². The van der Waals surface area contributed by atoms with Crippen LogP contribution in [-0.2, 0) is 24.0 Å². The summed E-state index contributed by atoms with van der Waals surface area (Å²) in [5.74, 6) is -5.18. The Kier molecular flexibility index (Phi) is 12.3. The number of oxime groups is 1. The van der Waals surface area contributed by atoms with Crippen LogP contribution in [0.3, 0.4) is 0 Å². The number of aromatic hydroxyl groups is 1. The molecule has 2 unspecified atom stereocenters. The van der Waals surface area contributed by atoms with Crippen molar-refractivity contribution in [1.29, 1.82) is 0 Å². The first kappa shape index (κ1) is 36.1. The van der Waals surface area contributed by atoms with E-state index in [9.17, 15) is 39.6 Å². The predicted molar refractivity (Wildman–Crippen MR) is 146 cm³/mol. The van der Waals surface area contributed by atoms with Gasteiger partial charge in [-0.3, -0.25) is 14.5 Å². The number of rotatable bonds is 10. The van der Waals surface area contributed by atoms with Crippen LogP contribution in [0.4, 0.5) is 5.13 Å². The van der Waals surface area contributed by atoms with Crippen LogP contribution in [0, 0.1) is 0 Å². The van der Waals surface area contributed by atoms with Gasteiger partial charge in [0.25, 0.3) is 11.8 Å². The topological polar surface area (TPSA) is 257 Å². The first-order valence-corrected chi connectivity index (χ1v) is 13.9. The zero-order valence-corrected chi connectivity index (χ0v) is 29.1. The Balaban J connectivity index is 0.00000276. The van der Waals surface area contributed by atoms with Gasteiger partial charge in [-0.1, -0.05) is 34.3 Å². The molecule has 2 aliphatic heterocycles. The molecular weight excluding hydrogens is 654 g/mol. The van der Waals surface area contributed by atoms with Crippen molar-refractivity contribution in [3.63, 3.8) is 0 Å². The number of nitrogens with two attached hydrogens (primary N) is 1. The second kappa shape index (κ2) is 15.3. The Morgan fingerprint density at radius 2 is 2.02 bits per heavy atom. The molecule has 0 bridgehead atoms. The molecule has 0 radical (unpaired) electrons. The molecule has 20 heteroatoms. The zero-order chi connectivity index (χ0) is 30.8. The number of thiazole rings is 1. The van der Waals surface area contributed by atoms with Crippen LogP contribution in [-0.4, -0.2) is 78.5 Å². The van der Waals surface area contributed by atoms with Crippen LogP contribution >= 0.6 is 23.1 Å². The fourth-order valence-corrected chi connectivity index (χ4v) is 5.96. The van der Waals surface area contributed by atoms with Crippen LogP contribution in [0.5, 0.6) is 11.5 Å². The minimum absolute atomic E-state index is 0. The van der Waals surface area contributed by atoms with E-state index in [1.54, 1.807) is 0 Å². The maximum Gasteiger partial charge on any atom is 1.00 e. The van der Waals surface area contributed by atoms with E-state index in [0.29, 0.717) is 11.3 Å². The molecule has 2 aliphatic rings. The Morgan fingerprint density at radius 1 is 1.27 bits per heavy atom. The Labute approximate surface area is 305 Å². The molecule has 2 atom stereocenters. The molecule has 2 amide bonds. The summed E-state index contributed by atoms with van der Waals surface area (Å²) in [6.45, 7) is -0.943. The maximum atomic E-state index is 13.1. The van der Waals surface area contributed by atoms with E-state index in [4.69, 9.17) is 10.3 Å². The summed E-state index contributed by atoms with van der Waals surface area (Å²) >= 11 is 2.18. The SMILES string of the molecule is Nc1nc(/C(=N/OCC(=O)[O-])C(=O)NC2C(=O)N3C(C(=O)O)=C(/C=C/c4cc(-c5ccc([O-])c(O)c5)no4)CSC23)cs1.[Na+].[Na+]. The fraction of sp³-hybridized carbons (Fsp3) is 0.160. The number of carboxylic acid groups (broad SMARTS) is 2. The number of nitrogens with one attached hydrogen (secondary N) is 1. The third kappa shape index (κ3) is 7.90. The standard InChI is InChI=1S/C25H20N6O10S2.2Na/c26-25-27-14(9-43-25)18(30-40-7-17(34)35)21(36)28-19-22(37)31-20(24(38)39)11(8-42-23(19)31)1-3-12-6-13(29-41-12)10-2-4-15(32)16(33)5-10;;/h1-6,9,19,23,32-33H,7-8H2,(H2,26,27)(H,28,36)(H,34,35)(H,38,39);;/q;2*+1/p-2/b3-1+,30-18-;;. The van der Waals surface area contributed by atoms with Gasteiger partial charge in [-0.15, -0.1) is 23.1 Å². The van der Waals surface area contributed by atoms with Crippen molar-refractivity contribution in [1.82, 2.24) is 20.4 Å². The molecule has 0 aliphatic carbocycles. The number of hydrogen-bond acceptors (Lipinski definition) is 15. The van der Waals surface area contributed by atoms with Gasteiger partial charge >= 0.3 is 65.1 Å². The number of carbonyl (C=O) groups excluding carboxylic acids is 3. The molecule has 1 saturated heterocycles. The molecule has 45 heavy (non-hydrogen) atoms. The van der Waals surface area contributed by atoms with E-state index in [-0.39, 0.29) is 92.7 Å². The van der Waals surface area contributed by atoms with Gasteiger partial charge in [0.05, 0.1) is 5.97 Å². The zero-order valence-electron chi connectivity index (χ0n) is 23.5. The minimum Gasteiger partial charge on any atom is -0.870 e. The fourth-order valence-electron chi connectivity index (χ4n) is 4.09. The number of nitrogen functional groups attached to an aromatic ring is 1. The number of allylic oxidation sites excluding steroid dienone is 1. The number of anilines is 1. The average molecular weight is 673 g/mol. The third-order valence-electron chi connectivity index (χ3n) is 6.04. The second-order valence-electron chi connectivity index (χ2n) is 8.83. The Bertz CT molecular complexity index is 1740. The first-order chi connectivity index (χ1) is 20.5. The van der Waals surface area contributed by atoms with Crippen LogP contribution in [0.2, 0.25) is 0 Å². The number of carbonyl (C=O) groups is 4. The molecule has 16 nitrogen and oxygen atoms in total. The van der Waals surface area contributed by atoms with Crippen molar-refractivity contribution < 1.29 is 108 Å². The third-order valence-corrected chi connectivity index (χ3v) is 8.01. The second-order valence-corrected chi connectivity index (χ2v) is 10.8. The van der Waals surface area contributed by atoms with Gasteiger partial charge in [0.15, 0.2) is 23.2 Å². The number of β-lactam (4-membered cyclic amide) rings is 1. The van der Waals surface area contributed by atoms with Crippen molar-refractivity contribution in [2.75, 3.05) is 18.1 Å². The number of aromatic nitrogens is 2. The van der Waals surface area contributed by atoms with E-state index in [2.05, 4.69) is 25.5 Å². The normalized spacial score (nSPS) is 17.6. The average Bonchev–Trinajstić information content (AvgIpc) is 3.62. The van der Waals surface area contributed by atoms with Gasteiger partial charge < -0.3 is 45.6 Å². The quantitative estimate of drug-likeness (QED) is 0.0676. The van der Waals surface area contributed by atoms with Gasteiger partial charge in [0.1, 0.15) is 34.3 Å². The monoisotopic (exact) mass is 672 g/mol. The number of phenols is 1. The van der Waals surface area contributed by atoms with Crippen LogP contribution < -0.4 is 80.4 Å². The Hall–Kier alpha value is -3.36. The number of carboxylic acids is 2. The largest absolute Gasteiger partial charge is 1.00 e. The molecule has 0 spiro atoms. The molecule has 222 valence electrons. The molecule has 1 aromatic carbocycles. The number of fused-ring (bicyclic) bond motifs is 1. The summed E-state index contributed by atoms with van der Waals surface area (Å²) in [5, 5.41) is 52.3. The van der Waals surface area contributed by atoms with E-state index >= 15 is 0 Å². The smallest absolute Gasteiger partial charge is 0.870 e. The molecule has 0 saturated carbocycles. The number of phenolic OH excluding ortho intramolecular Hbond substituents is 1. The molecular formula is C25H18N6Na2O10S2. The summed E-state index contributed by atoms with van der Waals surface area (Å²) in [7, 11) is 0. The molecule has 3 aromatic rings. The van der Waals surface area contributed by atoms with Crippen molar-refractivity contribution in [2.24, 2.45) is 5.16 Å². The molecule has 2 aromatic heterocycles. The van der Waals surface area contributed by atoms with Crippen molar-refractivity contribution in [3.05, 3.63) is 58.4 Å². The number of hydrogen-bond donors (Lipinski definition) is 4. The van der Waals surface area contributed by atoms with Crippen LogP contribution in [0.15, 0.2) is 56.7 Å². The summed E-state index contributed by atoms with van der Waals surface area (Å²) in [6.07, 6.45) is 2.91. The van der Waals surface area contributed by atoms with Crippen molar-refractivity contribution in [2.45, 2.75) is 11.4 Å². The Morgan fingerprint density at radius 3 is 2.67 bits per heavy atom. The van der Waals surface area contributed by atoms with Crippen molar-refractivity contribution >= 4 is 63.8 Å². The number of nitrogens with zero attached hydrogens (tertiary/aromatic N) is 4. The number of thioether (sulfide) groups is 1. The molecule has 1 fully saturated rings. The van der Waals surface area contributed by atoms with E-state index in [1.807, 2.05) is 0 Å². The number of aliphatic carboxylic acids is 2. The molecule has 5 N–H and O–H groups in total. The van der Waals surface area contributed by atoms with Gasteiger partial charge in [-0.2, -0.15) is 0 Å². The first-order valence-electron chi connectivity index (χ1n) is 12.0. The molecule has 4 heterocycles.